The van der Waals surface area contributed by atoms with Crippen LogP contribution in [0.15, 0.2) is 0 Å². The molecule has 0 amide bonds. The van der Waals surface area contributed by atoms with Gasteiger partial charge in [-0.1, -0.05) is 84.0 Å². The first kappa shape index (κ1) is 17.0. The maximum atomic E-state index is 5.61. The molecule has 0 aromatic carbocycles. The highest BCUT2D eigenvalue weighted by molar-refractivity contribution is 4.62. The smallest absolute Gasteiger partial charge is 0.00394 e. The summed E-state index contributed by atoms with van der Waals surface area (Å²) in [6, 6.07) is 0.151. The fraction of sp³-hybridized carbons (Fsp3) is 0.938. The molecule has 1 unspecified atom stereocenters. The van der Waals surface area contributed by atoms with E-state index in [0.29, 0.717) is 0 Å². The van der Waals surface area contributed by atoms with Gasteiger partial charge in [-0.2, -0.15) is 0 Å². The molecule has 1 radical (unpaired) electrons. The van der Waals surface area contributed by atoms with Gasteiger partial charge in [0.1, 0.15) is 0 Å². The molecule has 1 atom stereocenters. The third-order valence-corrected chi connectivity index (χ3v) is 3.43. The van der Waals surface area contributed by atoms with Gasteiger partial charge in [0.15, 0.2) is 0 Å². The Morgan fingerprint density at radius 3 is 1.41 bits per heavy atom. The molecule has 0 fully saturated rings. The Bertz CT molecular complexity index is 131. The van der Waals surface area contributed by atoms with E-state index in [1.165, 1.54) is 77.0 Å². The molecule has 1 nitrogen and oxygen atoms in total. The van der Waals surface area contributed by atoms with Crippen LogP contribution < -0.4 is 5.73 Å². The van der Waals surface area contributed by atoms with Gasteiger partial charge in [0.2, 0.25) is 0 Å². The minimum absolute atomic E-state index is 0.151. The van der Waals surface area contributed by atoms with Crippen LogP contribution in [0.1, 0.15) is 90.4 Å². The number of hydrogen-bond acceptors (Lipinski definition) is 1. The zero-order chi connectivity index (χ0) is 12.8. The van der Waals surface area contributed by atoms with E-state index in [1.54, 1.807) is 0 Å². The lowest BCUT2D eigenvalue weighted by atomic mass is 10.0. The van der Waals surface area contributed by atoms with Crippen LogP contribution in [0.25, 0.3) is 0 Å². The fourth-order valence-electron chi connectivity index (χ4n) is 2.25. The van der Waals surface area contributed by atoms with Crippen molar-refractivity contribution in [3.05, 3.63) is 6.92 Å². The standard InChI is InChI=1S/C16H34N/c1-3-4-5-6-7-8-9-10-11-12-13-14-15-16(2)17/h16H,2-15,17H2,1H3. The van der Waals surface area contributed by atoms with Crippen molar-refractivity contribution in [2.75, 3.05) is 0 Å². The molecule has 1 heteroatoms. The molecule has 0 heterocycles. The Balaban J connectivity index is 2.89. The molecule has 103 valence electrons. The normalized spacial score (nSPS) is 12.9. The molecule has 0 saturated carbocycles. The van der Waals surface area contributed by atoms with Crippen LogP contribution in [0, 0.1) is 6.92 Å². The molecule has 0 aliphatic rings. The van der Waals surface area contributed by atoms with E-state index in [2.05, 4.69) is 13.8 Å². The van der Waals surface area contributed by atoms with Crippen molar-refractivity contribution in [1.29, 1.82) is 0 Å². The number of rotatable bonds is 13. The molecule has 0 aromatic rings. The van der Waals surface area contributed by atoms with Crippen molar-refractivity contribution in [3.8, 4) is 0 Å². The van der Waals surface area contributed by atoms with Gasteiger partial charge in [-0.3, -0.25) is 0 Å². The fourth-order valence-corrected chi connectivity index (χ4v) is 2.25. The van der Waals surface area contributed by atoms with Crippen LogP contribution in [0.5, 0.6) is 0 Å². The summed E-state index contributed by atoms with van der Waals surface area (Å²) in [5.74, 6) is 0. The Morgan fingerprint density at radius 1 is 0.706 bits per heavy atom. The second-order valence-corrected chi connectivity index (χ2v) is 5.44. The van der Waals surface area contributed by atoms with Crippen molar-refractivity contribution in [3.63, 3.8) is 0 Å². The zero-order valence-corrected chi connectivity index (χ0v) is 12.1. The maximum Gasteiger partial charge on any atom is 0.00394 e. The Morgan fingerprint density at radius 2 is 1.06 bits per heavy atom. The Labute approximate surface area is 110 Å². The Kier molecular flexibility index (Phi) is 14.0. The van der Waals surface area contributed by atoms with E-state index in [1.807, 2.05) is 0 Å². The quantitative estimate of drug-likeness (QED) is 0.438. The number of nitrogens with two attached hydrogens (primary N) is 1. The summed E-state index contributed by atoms with van der Waals surface area (Å²) in [6.07, 6.45) is 18.0. The van der Waals surface area contributed by atoms with Gasteiger partial charge in [-0.05, 0) is 13.3 Å². The minimum atomic E-state index is 0.151. The summed E-state index contributed by atoms with van der Waals surface area (Å²) in [6.45, 7) is 6.08. The molecular weight excluding hydrogens is 206 g/mol. The average Bonchev–Trinajstić information content (AvgIpc) is 2.30. The average molecular weight is 240 g/mol. The third kappa shape index (κ3) is 16.0. The summed E-state index contributed by atoms with van der Waals surface area (Å²) < 4.78 is 0. The molecule has 2 N–H and O–H groups in total. The lowest BCUT2D eigenvalue weighted by molar-refractivity contribution is 0.533. The molecule has 0 saturated heterocycles. The SMILES string of the molecule is [CH2]C(N)CCCCCCCCCCCCCC. The van der Waals surface area contributed by atoms with Gasteiger partial charge in [0.25, 0.3) is 0 Å². The molecule has 0 rings (SSSR count). The molecule has 0 spiro atoms. The molecule has 0 aliphatic carbocycles. The van der Waals surface area contributed by atoms with E-state index in [0.717, 1.165) is 6.42 Å². The van der Waals surface area contributed by atoms with Crippen LogP contribution >= 0.6 is 0 Å². The van der Waals surface area contributed by atoms with E-state index in [9.17, 15) is 0 Å². The topological polar surface area (TPSA) is 26.0 Å². The predicted molar refractivity (Wildman–Crippen MR) is 79.0 cm³/mol. The van der Waals surface area contributed by atoms with E-state index in [-0.39, 0.29) is 6.04 Å². The van der Waals surface area contributed by atoms with Gasteiger partial charge < -0.3 is 5.73 Å². The van der Waals surface area contributed by atoms with Gasteiger partial charge in [-0.15, -0.1) is 0 Å². The van der Waals surface area contributed by atoms with Crippen LogP contribution in [-0.4, -0.2) is 6.04 Å². The summed E-state index contributed by atoms with van der Waals surface area (Å²) in [5.41, 5.74) is 5.61. The summed E-state index contributed by atoms with van der Waals surface area (Å²) in [4.78, 5) is 0. The second kappa shape index (κ2) is 14.0. The molecule has 17 heavy (non-hydrogen) atoms. The lowest BCUT2D eigenvalue weighted by Crippen LogP contribution is -2.14. The number of unbranched alkanes of at least 4 members (excludes halogenated alkanes) is 11. The minimum Gasteiger partial charge on any atom is -0.328 e. The maximum absolute atomic E-state index is 5.61. The van der Waals surface area contributed by atoms with E-state index >= 15 is 0 Å². The molecule has 0 bridgehead atoms. The van der Waals surface area contributed by atoms with Crippen LogP contribution in [0.4, 0.5) is 0 Å². The van der Waals surface area contributed by atoms with Crippen LogP contribution in [0.2, 0.25) is 0 Å². The van der Waals surface area contributed by atoms with Crippen molar-refractivity contribution >= 4 is 0 Å². The number of hydrogen-bond donors (Lipinski definition) is 1. The van der Waals surface area contributed by atoms with Gasteiger partial charge in [0.05, 0.1) is 0 Å². The highest BCUT2D eigenvalue weighted by Gasteiger charge is 1.95. The van der Waals surface area contributed by atoms with Crippen LogP contribution in [-0.2, 0) is 0 Å². The van der Waals surface area contributed by atoms with Gasteiger partial charge in [-0.25, -0.2) is 0 Å². The highest BCUT2D eigenvalue weighted by atomic mass is 14.6. The zero-order valence-electron chi connectivity index (χ0n) is 12.1. The lowest BCUT2D eigenvalue weighted by Gasteiger charge is -2.04. The second-order valence-electron chi connectivity index (χ2n) is 5.44. The Hall–Kier alpha value is -0.0400. The first-order chi connectivity index (χ1) is 8.27. The van der Waals surface area contributed by atoms with Gasteiger partial charge in [0, 0.05) is 6.04 Å². The van der Waals surface area contributed by atoms with Crippen molar-refractivity contribution in [2.45, 2.75) is 96.4 Å². The van der Waals surface area contributed by atoms with Crippen molar-refractivity contribution in [1.82, 2.24) is 0 Å². The monoisotopic (exact) mass is 240 g/mol. The first-order valence-electron chi connectivity index (χ1n) is 7.86. The summed E-state index contributed by atoms with van der Waals surface area (Å²) in [7, 11) is 0. The largest absolute Gasteiger partial charge is 0.328 e. The van der Waals surface area contributed by atoms with Crippen LogP contribution in [0.3, 0.4) is 0 Å². The van der Waals surface area contributed by atoms with Crippen molar-refractivity contribution < 1.29 is 0 Å². The summed E-state index contributed by atoms with van der Waals surface area (Å²) in [5, 5.41) is 0. The van der Waals surface area contributed by atoms with Crippen molar-refractivity contribution in [2.24, 2.45) is 5.73 Å². The molecule has 0 aliphatic heterocycles. The summed E-state index contributed by atoms with van der Waals surface area (Å²) >= 11 is 0. The van der Waals surface area contributed by atoms with E-state index in [4.69, 9.17) is 5.73 Å². The predicted octanol–water partition coefficient (Wildman–Crippen LogP) is 5.24. The first-order valence-corrected chi connectivity index (χ1v) is 7.86. The molecule has 0 aromatic heterocycles. The third-order valence-electron chi connectivity index (χ3n) is 3.43. The van der Waals surface area contributed by atoms with E-state index < -0.39 is 0 Å². The molecular formula is C16H34N. The highest BCUT2D eigenvalue weighted by Crippen LogP contribution is 2.12. The van der Waals surface area contributed by atoms with Gasteiger partial charge >= 0.3 is 0 Å².